The highest BCUT2D eigenvalue weighted by atomic mass is 16.1. The topological polar surface area (TPSA) is 64.7 Å². The van der Waals surface area contributed by atoms with Gasteiger partial charge in [0.1, 0.15) is 0 Å². The maximum absolute atomic E-state index is 11.9. The third-order valence-corrected chi connectivity index (χ3v) is 4.08. The molecule has 0 radical (unpaired) electrons. The Morgan fingerprint density at radius 3 is 2.86 bits per heavy atom. The maximum atomic E-state index is 11.9. The van der Waals surface area contributed by atoms with Crippen molar-refractivity contribution in [2.75, 3.05) is 12.4 Å². The standard InChI is InChI=1S/C15H21N5O/c1-16-13-9-15(21)20(17-10-13)11-12-7-8-19(18-12)14-5-3-2-4-6-14/h7-10,14,16H,2-6,11H2,1H3. The SMILES string of the molecule is CNc1cnn(Cc2ccn(C3CCCCC3)n2)c(=O)c1. The predicted octanol–water partition coefficient (Wildman–Crippen LogP) is 2.03. The van der Waals surface area contributed by atoms with E-state index in [0.29, 0.717) is 12.6 Å². The van der Waals surface area contributed by atoms with Crippen molar-refractivity contribution in [3.05, 3.63) is 40.6 Å². The van der Waals surface area contributed by atoms with Crippen LogP contribution < -0.4 is 10.9 Å². The molecular formula is C15H21N5O. The minimum absolute atomic E-state index is 0.117. The van der Waals surface area contributed by atoms with Crippen LogP contribution in [0.2, 0.25) is 0 Å². The Labute approximate surface area is 123 Å². The Balaban J connectivity index is 1.73. The van der Waals surface area contributed by atoms with E-state index in [1.165, 1.54) is 36.8 Å². The molecule has 0 bridgehead atoms. The molecule has 112 valence electrons. The normalized spacial score (nSPS) is 16.0. The molecule has 0 amide bonds. The molecule has 1 saturated carbocycles. The lowest BCUT2D eigenvalue weighted by Crippen LogP contribution is -2.23. The number of anilines is 1. The van der Waals surface area contributed by atoms with Gasteiger partial charge in [-0.3, -0.25) is 9.48 Å². The number of nitrogens with zero attached hydrogens (tertiary/aromatic N) is 4. The molecule has 0 saturated heterocycles. The lowest BCUT2D eigenvalue weighted by Gasteiger charge is -2.21. The van der Waals surface area contributed by atoms with Gasteiger partial charge in [-0.25, -0.2) is 4.68 Å². The summed E-state index contributed by atoms with van der Waals surface area (Å²) < 4.78 is 3.50. The van der Waals surface area contributed by atoms with E-state index in [4.69, 9.17) is 0 Å². The minimum atomic E-state index is -0.117. The highest BCUT2D eigenvalue weighted by molar-refractivity contribution is 5.37. The molecule has 0 atom stereocenters. The number of hydrogen-bond donors (Lipinski definition) is 1. The number of hydrogen-bond acceptors (Lipinski definition) is 4. The van der Waals surface area contributed by atoms with Gasteiger partial charge >= 0.3 is 0 Å². The van der Waals surface area contributed by atoms with E-state index >= 15 is 0 Å². The third kappa shape index (κ3) is 3.15. The molecule has 0 unspecified atom stereocenters. The van der Waals surface area contributed by atoms with Crippen molar-refractivity contribution < 1.29 is 0 Å². The Morgan fingerprint density at radius 2 is 2.14 bits per heavy atom. The summed E-state index contributed by atoms with van der Waals surface area (Å²) in [5.74, 6) is 0. The summed E-state index contributed by atoms with van der Waals surface area (Å²) in [4.78, 5) is 11.9. The van der Waals surface area contributed by atoms with E-state index in [1.54, 1.807) is 19.3 Å². The fourth-order valence-corrected chi connectivity index (χ4v) is 2.85. The third-order valence-electron chi connectivity index (χ3n) is 4.08. The van der Waals surface area contributed by atoms with Crippen LogP contribution in [-0.4, -0.2) is 26.6 Å². The van der Waals surface area contributed by atoms with Crippen LogP contribution in [-0.2, 0) is 6.54 Å². The Bertz CT molecular complexity index is 654. The quantitative estimate of drug-likeness (QED) is 0.934. The summed E-state index contributed by atoms with van der Waals surface area (Å²) in [5.41, 5.74) is 1.49. The predicted molar refractivity (Wildman–Crippen MR) is 81.5 cm³/mol. The van der Waals surface area contributed by atoms with Crippen LogP contribution in [0.15, 0.2) is 29.3 Å². The van der Waals surface area contributed by atoms with Gasteiger partial charge in [0.05, 0.1) is 30.2 Å². The van der Waals surface area contributed by atoms with Gasteiger partial charge in [-0.05, 0) is 18.9 Å². The molecule has 6 heteroatoms. The first-order valence-corrected chi connectivity index (χ1v) is 7.55. The van der Waals surface area contributed by atoms with E-state index in [0.717, 1.165) is 11.4 Å². The van der Waals surface area contributed by atoms with Crippen molar-refractivity contribution in [3.63, 3.8) is 0 Å². The van der Waals surface area contributed by atoms with E-state index in [2.05, 4.69) is 20.2 Å². The van der Waals surface area contributed by atoms with E-state index in [9.17, 15) is 4.79 Å². The Morgan fingerprint density at radius 1 is 1.33 bits per heavy atom. The van der Waals surface area contributed by atoms with Gasteiger partial charge in [-0.1, -0.05) is 19.3 Å². The van der Waals surface area contributed by atoms with Crippen LogP contribution in [0, 0.1) is 0 Å². The zero-order valence-corrected chi connectivity index (χ0v) is 12.3. The van der Waals surface area contributed by atoms with Crippen molar-refractivity contribution in [2.45, 2.75) is 44.7 Å². The first kappa shape index (κ1) is 13.9. The van der Waals surface area contributed by atoms with Crippen molar-refractivity contribution in [1.29, 1.82) is 0 Å². The molecule has 1 fully saturated rings. The molecule has 0 spiro atoms. The molecule has 21 heavy (non-hydrogen) atoms. The highest BCUT2D eigenvalue weighted by Gasteiger charge is 2.16. The number of aromatic nitrogens is 4. The summed E-state index contributed by atoms with van der Waals surface area (Å²) in [6.07, 6.45) is 9.99. The van der Waals surface area contributed by atoms with Gasteiger partial charge in [-0.2, -0.15) is 10.2 Å². The van der Waals surface area contributed by atoms with Crippen LogP contribution in [0.1, 0.15) is 43.8 Å². The molecule has 0 aromatic carbocycles. The maximum Gasteiger partial charge on any atom is 0.269 e. The first-order chi connectivity index (χ1) is 10.3. The fourth-order valence-electron chi connectivity index (χ4n) is 2.85. The van der Waals surface area contributed by atoms with Crippen molar-refractivity contribution in [3.8, 4) is 0 Å². The van der Waals surface area contributed by atoms with Gasteiger partial charge in [0.25, 0.3) is 5.56 Å². The van der Waals surface area contributed by atoms with Crippen molar-refractivity contribution in [2.24, 2.45) is 0 Å². The highest BCUT2D eigenvalue weighted by Crippen LogP contribution is 2.27. The largest absolute Gasteiger partial charge is 0.387 e. The van der Waals surface area contributed by atoms with Crippen LogP contribution in [0.4, 0.5) is 5.69 Å². The molecule has 2 aromatic rings. The van der Waals surface area contributed by atoms with Crippen LogP contribution >= 0.6 is 0 Å². The second-order valence-corrected chi connectivity index (χ2v) is 5.57. The van der Waals surface area contributed by atoms with Crippen molar-refractivity contribution >= 4 is 5.69 Å². The molecule has 3 rings (SSSR count). The van der Waals surface area contributed by atoms with E-state index in [-0.39, 0.29) is 5.56 Å². The van der Waals surface area contributed by atoms with Crippen molar-refractivity contribution in [1.82, 2.24) is 19.6 Å². The first-order valence-electron chi connectivity index (χ1n) is 7.55. The second kappa shape index (κ2) is 6.11. The molecule has 2 aromatic heterocycles. The second-order valence-electron chi connectivity index (χ2n) is 5.57. The average Bonchev–Trinajstić information content (AvgIpc) is 2.99. The lowest BCUT2D eigenvalue weighted by atomic mass is 9.96. The van der Waals surface area contributed by atoms with Gasteiger partial charge in [0.2, 0.25) is 0 Å². The van der Waals surface area contributed by atoms with E-state index < -0.39 is 0 Å². The van der Waals surface area contributed by atoms with Gasteiger partial charge in [0.15, 0.2) is 0 Å². The minimum Gasteiger partial charge on any atom is -0.387 e. The summed E-state index contributed by atoms with van der Waals surface area (Å²) >= 11 is 0. The molecule has 6 nitrogen and oxygen atoms in total. The van der Waals surface area contributed by atoms with Gasteiger partial charge in [-0.15, -0.1) is 0 Å². The number of rotatable bonds is 4. The summed E-state index contributed by atoms with van der Waals surface area (Å²) in [5, 5.41) is 11.7. The Kier molecular flexibility index (Phi) is 4.03. The number of nitrogens with one attached hydrogen (secondary N) is 1. The molecule has 1 N–H and O–H groups in total. The van der Waals surface area contributed by atoms with Gasteiger partial charge in [0, 0.05) is 19.3 Å². The lowest BCUT2D eigenvalue weighted by molar-refractivity contribution is 0.327. The van der Waals surface area contributed by atoms with E-state index in [1.807, 2.05) is 12.3 Å². The van der Waals surface area contributed by atoms with Crippen LogP contribution in [0.25, 0.3) is 0 Å². The summed E-state index contributed by atoms with van der Waals surface area (Å²) in [6.45, 7) is 0.419. The molecule has 1 aliphatic rings. The molecule has 2 heterocycles. The zero-order chi connectivity index (χ0) is 14.7. The zero-order valence-electron chi connectivity index (χ0n) is 12.3. The smallest absolute Gasteiger partial charge is 0.269 e. The summed E-state index contributed by atoms with van der Waals surface area (Å²) in [6, 6.07) is 4.05. The Hall–Kier alpha value is -2.11. The monoisotopic (exact) mass is 287 g/mol. The van der Waals surface area contributed by atoms with Gasteiger partial charge < -0.3 is 5.32 Å². The average molecular weight is 287 g/mol. The molecule has 0 aliphatic heterocycles. The summed E-state index contributed by atoms with van der Waals surface area (Å²) in [7, 11) is 1.77. The fraction of sp³-hybridized carbons (Fsp3) is 0.533. The van der Waals surface area contributed by atoms with Crippen LogP contribution in [0.3, 0.4) is 0 Å². The van der Waals surface area contributed by atoms with Crippen LogP contribution in [0.5, 0.6) is 0 Å². The molecule has 1 aliphatic carbocycles. The molecular weight excluding hydrogens is 266 g/mol.